The van der Waals surface area contributed by atoms with Gasteiger partial charge in [0.05, 0.1) is 23.4 Å². The Morgan fingerprint density at radius 2 is 1.79 bits per heavy atom. The second kappa shape index (κ2) is 7.14. The first-order chi connectivity index (χ1) is 13.1. The van der Waals surface area contributed by atoms with Crippen LogP contribution in [-0.4, -0.2) is 40.3 Å². The Bertz CT molecular complexity index is 1080. The predicted molar refractivity (Wildman–Crippen MR) is 108 cm³/mol. The molecule has 1 aliphatic heterocycles. The smallest absolute Gasteiger partial charge is 0.215 e. The average molecular weight is 401 g/mol. The molecule has 3 rings (SSSR count). The van der Waals surface area contributed by atoms with E-state index in [0.717, 1.165) is 5.56 Å². The largest absolute Gasteiger partial charge is 0.481 e. The minimum Gasteiger partial charge on any atom is -0.481 e. The Morgan fingerprint density at radius 1 is 1.07 bits per heavy atom. The Kier molecular flexibility index (Phi) is 5.16. The Hall–Kier alpha value is -2.51. The van der Waals surface area contributed by atoms with Crippen LogP contribution in [0.1, 0.15) is 47.8 Å². The van der Waals surface area contributed by atoms with E-state index in [9.17, 15) is 13.2 Å². The molecule has 0 radical (unpaired) electrons. The summed E-state index contributed by atoms with van der Waals surface area (Å²) in [5.74, 6) is -0.0138. The van der Waals surface area contributed by atoms with Crippen LogP contribution in [0.5, 0.6) is 0 Å². The van der Waals surface area contributed by atoms with Crippen molar-refractivity contribution in [1.29, 1.82) is 0 Å². The average Bonchev–Trinajstić information content (AvgIpc) is 2.66. The monoisotopic (exact) mass is 400 g/mol. The zero-order valence-corrected chi connectivity index (χ0v) is 17.3. The molecule has 0 saturated carbocycles. The summed E-state index contributed by atoms with van der Waals surface area (Å²) in [6, 6.07) is 9.59. The molecule has 0 saturated heterocycles. The lowest BCUT2D eigenvalue weighted by atomic mass is 9.85. The molecule has 0 spiro atoms. The van der Waals surface area contributed by atoms with Crippen LogP contribution in [0.15, 0.2) is 51.2 Å². The highest BCUT2D eigenvalue weighted by molar-refractivity contribution is 7.91. The summed E-state index contributed by atoms with van der Waals surface area (Å²) in [4.78, 5) is 17.3. The molecular formula is C21H24N2O4S. The van der Waals surface area contributed by atoms with Gasteiger partial charge in [-0.15, -0.1) is 0 Å². The fourth-order valence-corrected chi connectivity index (χ4v) is 4.83. The van der Waals surface area contributed by atoms with Gasteiger partial charge in [-0.3, -0.25) is 4.79 Å². The highest BCUT2D eigenvalue weighted by Gasteiger charge is 2.36. The molecule has 0 aliphatic carbocycles. The molecule has 1 heterocycles. The number of ether oxygens (including phenoxy) is 1. The number of nitrogens with two attached hydrogens (primary N) is 1. The third kappa shape index (κ3) is 3.36. The topological polar surface area (TPSA) is 98.8 Å². The van der Waals surface area contributed by atoms with E-state index in [1.165, 1.54) is 25.3 Å². The van der Waals surface area contributed by atoms with Gasteiger partial charge in [0.25, 0.3) is 0 Å². The fourth-order valence-electron chi connectivity index (χ4n) is 3.18. The van der Waals surface area contributed by atoms with Gasteiger partial charge in [0, 0.05) is 23.2 Å². The summed E-state index contributed by atoms with van der Waals surface area (Å²) in [6.07, 6.45) is 0. The van der Waals surface area contributed by atoms with E-state index in [-0.39, 0.29) is 38.0 Å². The molecule has 2 aromatic carbocycles. The van der Waals surface area contributed by atoms with E-state index in [1.54, 1.807) is 18.2 Å². The molecule has 0 atom stereocenters. The van der Waals surface area contributed by atoms with Crippen molar-refractivity contribution in [2.45, 2.75) is 36.0 Å². The number of ketones is 1. The van der Waals surface area contributed by atoms with Crippen molar-refractivity contribution in [2.24, 2.45) is 10.7 Å². The zero-order valence-electron chi connectivity index (χ0n) is 16.4. The lowest BCUT2D eigenvalue weighted by molar-refractivity contribution is 0.103. The van der Waals surface area contributed by atoms with Crippen LogP contribution in [0.2, 0.25) is 0 Å². The first-order valence-electron chi connectivity index (χ1n) is 8.98. The van der Waals surface area contributed by atoms with Crippen LogP contribution in [0.4, 0.5) is 0 Å². The second-order valence-corrected chi connectivity index (χ2v) is 9.57. The van der Waals surface area contributed by atoms with Gasteiger partial charge in [-0.05, 0) is 41.3 Å². The summed E-state index contributed by atoms with van der Waals surface area (Å²) in [5.41, 5.74) is 7.05. The summed E-state index contributed by atoms with van der Waals surface area (Å²) in [7, 11) is -2.38. The molecule has 7 heteroatoms. The molecular weight excluding hydrogens is 376 g/mol. The molecule has 28 heavy (non-hydrogen) atoms. The highest BCUT2D eigenvalue weighted by Crippen LogP contribution is 2.37. The Labute approximate surface area is 165 Å². The number of hydrogen-bond donors (Lipinski definition) is 1. The normalized spacial score (nSPS) is 15.8. The van der Waals surface area contributed by atoms with Crippen LogP contribution in [0.25, 0.3) is 0 Å². The third-order valence-corrected chi connectivity index (χ3v) is 6.57. The third-order valence-electron chi connectivity index (χ3n) is 4.72. The van der Waals surface area contributed by atoms with Gasteiger partial charge < -0.3 is 10.5 Å². The van der Waals surface area contributed by atoms with E-state index < -0.39 is 9.84 Å². The predicted octanol–water partition coefficient (Wildman–Crippen LogP) is 2.71. The summed E-state index contributed by atoms with van der Waals surface area (Å²) in [5, 5.41) is 0. The first kappa shape index (κ1) is 20.2. The molecule has 6 nitrogen and oxygen atoms in total. The number of nitrogens with zero attached hydrogens (tertiary/aromatic N) is 1. The van der Waals surface area contributed by atoms with E-state index in [2.05, 4.69) is 4.99 Å². The number of hydrogen-bond acceptors (Lipinski definition) is 6. The Balaban J connectivity index is 2.19. The van der Waals surface area contributed by atoms with E-state index in [4.69, 9.17) is 10.5 Å². The number of carbonyl (C=O) groups is 1. The molecule has 1 aliphatic rings. The number of methoxy groups -OCH3 is 1. The van der Waals surface area contributed by atoms with Crippen molar-refractivity contribution in [2.75, 3.05) is 20.2 Å². The van der Waals surface area contributed by atoms with Crippen LogP contribution in [0.3, 0.4) is 0 Å². The summed E-state index contributed by atoms with van der Waals surface area (Å²) < 4.78 is 31.7. The van der Waals surface area contributed by atoms with Crippen molar-refractivity contribution in [3.8, 4) is 0 Å². The molecule has 0 aromatic heterocycles. The number of rotatable bonds is 3. The van der Waals surface area contributed by atoms with Crippen molar-refractivity contribution < 1.29 is 17.9 Å². The van der Waals surface area contributed by atoms with Gasteiger partial charge in [0.2, 0.25) is 15.7 Å². The van der Waals surface area contributed by atoms with E-state index in [1.807, 2.05) is 20.8 Å². The lowest BCUT2D eigenvalue weighted by Gasteiger charge is -2.24. The van der Waals surface area contributed by atoms with E-state index >= 15 is 0 Å². The van der Waals surface area contributed by atoms with Crippen LogP contribution in [-0.2, 0) is 20.0 Å². The number of benzene rings is 2. The SMILES string of the molecule is COC(=NCCN)c1ccc2c(c1)S(=O)(=O)c1ccc(C(C)(C)C)cc1C2=O. The lowest BCUT2D eigenvalue weighted by Crippen LogP contribution is -2.23. The molecule has 0 bridgehead atoms. The maximum Gasteiger partial charge on any atom is 0.215 e. The quantitative estimate of drug-likeness (QED) is 0.538. The molecule has 148 valence electrons. The van der Waals surface area contributed by atoms with Crippen molar-refractivity contribution in [1.82, 2.24) is 0 Å². The summed E-state index contributed by atoms with van der Waals surface area (Å²) in [6.45, 7) is 6.75. The minimum absolute atomic E-state index is 0.0245. The minimum atomic E-state index is -3.84. The van der Waals surface area contributed by atoms with Crippen molar-refractivity contribution in [3.63, 3.8) is 0 Å². The maximum absolute atomic E-state index is 13.2. The van der Waals surface area contributed by atoms with Gasteiger partial charge in [0.1, 0.15) is 0 Å². The van der Waals surface area contributed by atoms with Crippen LogP contribution in [0, 0.1) is 0 Å². The molecule has 0 fully saturated rings. The zero-order chi connectivity index (χ0) is 20.7. The standard InChI is InChI=1S/C21H24N2O4S/c1-21(2,3)14-6-8-17-16(12-14)19(24)15-7-5-13(11-18(15)28(17,25)26)20(27-4)23-10-9-22/h5-8,11-12H,9-10,22H2,1-4H3. The van der Waals surface area contributed by atoms with Gasteiger partial charge in [0.15, 0.2) is 5.78 Å². The van der Waals surface area contributed by atoms with Gasteiger partial charge in [-0.1, -0.05) is 26.8 Å². The van der Waals surface area contributed by atoms with Crippen LogP contribution >= 0.6 is 0 Å². The number of aliphatic imine (C=N–C) groups is 1. The Morgan fingerprint density at radius 3 is 2.39 bits per heavy atom. The van der Waals surface area contributed by atoms with Gasteiger partial charge >= 0.3 is 0 Å². The van der Waals surface area contributed by atoms with E-state index in [0.29, 0.717) is 18.7 Å². The number of carbonyl (C=O) groups excluding carboxylic acids is 1. The summed E-state index contributed by atoms with van der Waals surface area (Å²) >= 11 is 0. The second-order valence-electron chi connectivity index (χ2n) is 7.68. The molecule has 2 aromatic rings. The molecule has 0 amide bonds. The first-order valence-corrected chi connectivity index (χ1v) is 10.5. The number of sulfone groups is 1. The fraction of sp³-hybridized carbons (Fsp3) is 0.333. The molecule has 2 N–H and O–H groups in total. The van der Waals surface area contributed by atoms with Crippen molar-refractivity contribution >= 4 is 21.5 Å². The van der Waals surface area contributed by atoms with Crippen molar-refractivity contribution in [3.05, 3.63) is 58.7 Å². The maximum atomic E-state index is 13.2. The highest BCUT2D eigenvalue weighted by atomic mass is 32.2. The van der Waals surface area contributed by atoms with Gasteiger partial charge in [-0.25, -0.2) is 13.4 Å². The van der Waals surface area contributed by atoms with Gasteiger partial charge in [-0.2, -0.15) is 0 Å². The molecule has 0 unspecified atom stereocenters. The number of fused-ring (bicyclic) bond motifs is 2. The van der Waals surface area contributed by atoms with Crippen LogP contribution < -0.4 is 5.73 Å².